The normalized spacial score (nSPS) is 25.9. The van der Waals surface area contributed by atoms with Crippen LogP contribution in [0, 0.1) is 5.41 Å². The first-order chi connectivity index (χ1) is 8.97. The third-order valence-electron chi connectivity index (χ3n) is 4.69. The summed E-state index contributed by atoms with van der Waals surface area (Å²) in [4.78, 5) is 6.87. The van der Waals surface area contributed by atoms with Gasteiger partial charge in [-0.2, -0.15) is 0 Å². The molecule has 1 unspecified atom stereocenters. The van der Waals surface area contributed by atoms with Crippen molar-refractivity contribution in [3.05, 3.63) is 30.1 Å². The molecule has 0 aliphatic heterocycles. The van der Waals surface area contributed by atoms with Gasteiger partial charge in [-0.1, -0.05) is 19.9 Å². The summed E-state index contributed by atoms with van der Waals surface area (Å²) >= 11 is 0. The molecule has 1 heterocycles. The fourth-order valence-electron chi connectivity index (χ4n) is 3.36. The van der Waals surface area contributed by atoms with E-state index in [-0.39, 0.29) is 5.54 Å². The van der Waals surface area contributed by atoms with Crippen LogP contribution in [0.4, 0.5) is 0 Å². The summed E-state index contributed by atoms with van der Waals surface area (Å²) in [6.07, 6.45) is 6.56. The van der Waals surface area contributed by atoms with Crippen molar-refractivity contribution in [1.29, 1.82) is 0 Å². The molecule has 1 aromatic rings. The summed E-state index contributed by atoms with van der Waals surface area (Å²) in [6.45, 7) is 6.51. The molecule has 1 fully saturated rings. The first kappa shape index (κ1) is 14.5. The third kappa shape index (κ3) is 3.34. The number of pyridine rings is 1. The predicted octanol–water partition coefficient (Wildman–Crippen LogP) is 2.46. The summed E-state index contributed by atoms with van der Waals surface area (Å²) in [6, 6.07) is 6.12. The van der Waals surface area contributed by atoms with Crippen molar-refractivity contribution < 1.29 is 0 Å². The standard InChI is InChI=1S/C16H27N3/c1-15(2)8-9-16(12-15,13-17)19(3)11-7-14-6-4-5-10-18-14/h4-6,10H,7-9,11-13,17H2,1-3H3. The molecular formula is C16H27N3. The maximum atomic E-state index is 6.10. The van der Waals surface area contributed by atoms with Crippen LogP contribution in [0.1, 0.15) is 38.8 Å². The minimum atomic E-state index is 0.193. The first-order valence-corrected chi connectivity index (χ1v) is 7.29. The number of nitrogens with two attached hydrogens (primary N) is 1. The van der Waals surface area contributed by atoms with Crippen molar-refractivity contribution in [3.8, 4) is 0 Å². The minimum absolute atomic E-state index is 0.193. The number of aromatic nitrogens is 1. The van der Waals surface area contributed by atoms with Gasteiger partial charge < -0.3 is 5.73 Å². The number of likely N-dealkylation sites (N-methyl/N-ethyl adjacent to an activating group) is 1. The second-order valence-corrected chi connectivity index (χ2v) is 6.76. The van der Waals surface area contributed by atoms with Crippen LogP contribution in [0.3, 0.4) is 0 Å². The smallest absolute Gasteiger partial charge is 0.0416 e. The van der Waals surface area contributed by atoms with Gasteiger partial charge in [0.15, 0.2) is 0 Å². The lowest BCUT2D eigenvalue weighted by Gasteiger charge is -2.39. The van der Waals surface area contributed by atoms with Gasteiger partial charge in [0, 0.05) is 36.9 Å². The monoisotopic (exact) mass is 261 g/mol. The second kappa shape index (κ2) is 5.59. The lowest BCUT2D eigenvalue weighted by Crippen LogP contribution is -2.51. The number of nitrogens with zero attached hydrogens (tertiary/aromatic N) is 2. The van der Waals surface area contributed by atoms with Gasteiger partial charge in [-0.25, -0.2) is 0 Å². The van der Waals surface area contributed by atoms with Crippen LogP contribution in [0.2, 0.25) is 0 Å². The summed E-state index contributed by atoms with van der Waals surface area (Å²) in [5, 5.41) is 0. The van der Waals surface area contributed by atoms with Crippen molar-refractivity contribution >= 4 is 0 Å². The molecule has 1 atom stereocenters. The van der Waals surface area contributed by atoms with E-state index in [1.807, 2.05) is 12.3 Å². The Bertz CT molecular complexity index is 402. The molecule has 3 nitrogen and oxygen atoms in total. The molecule has 1 aromatic heterocycles. The predicted molar refractivity (Wildman–Crippen MR) is 80.0 cm³/mol. The summed E-state index contributed by atoms with van der Waals surface area (Å²) in [5.41, 5.74) is 7.89. The highest BCUT2D eigenvalue weighted by Gasteiger charge is 2.44. The largest absolute Gasteiger partial charge is 0.329 e. The molecule has 0 amide bonds. The zero-order valence-corrected chi connectivity index (χ0v) is 12.5. The van der Waals surface area contributed by atoms with Crippen molar-refractivity contribution in [2.24, 2.45) is 11.1 Å². The highest BCUT2D eigenvalue weighted by Crippen LogP contribution is 2.45. The Morgan fingerprint density at radius 2 is 2.11 bits per heavy atom. The third-order valence-corrected chi connectivity index (χ3v) is 4.69. The highest BCUT2D eigenvalue weighted by molar-refractivity contribution is 5.06. The van der Waals surface area contributed by atoms with Crippen LogP contribution in [0.25, 0.3) is 0 Å². The summed E-state index contributed by atoms with van der Waals surface area (Å²) in [5.74, 6) is 0. The Labute approximate surface area is 117 Å². The van der Waals surface area contributed by atoms with Crippen LogP contribution in [0.5, 0.6) is 0 Å². The molecule has 0 radical (unpaired) electrons. The zero-order chi connectivity index (χ0) is 13.9. The molecule has 0 aromatic carbocycles. The fourth-order valence-corrected chi connectivity index (χ4v) is 3.36. The average Bonchev–Trinajstić information content (AvgIpc) is 2.74. The summed E-state index contributed by atoms with van der Waals surface area (Å²) in [7, 11) is 2.22. The molecule has 106 valence electrons. The maximum Gasteiger partial charge on any atom is 0.0416 e. The van der Waals surface area contributed by atoms with E-state index in [1.165, 1.54) is 25.0 Å². The van der Waals surface area contributed by atoms with E-state index >= 15 is 0 Å². The minimum Gasteiger partial charge on any atom is -0.329 e. The molecule has 0 spiro atoms. The highest BCUT2D eigenvalue weighted by atomic mass is 15.2. The van der Waals surface area contributed by atoms with Crippen LogP contribution in [-0.4, -0.2) is 35.6 Å². The molecular weight excluding hydrogens is 234 g/mol. The molecule has 0 bridgehead atoms. The molecule has 1 aliphatic carbocycles. The van der Waals surface area contributed by atoms with Gasteiger partial charge in [0.1, 0.15) is 0 Å². The first-order valence-electron chi connectivity index (χ1n) is 7.29. The van der Waals surface area contributed by atoms with Crippen LogP contribution in [0.15, 0.2) is 24.4 Å². The average molecular weight is 261 g/mol. The molecule has 1 saturated carbocycles. The van der Waals surface area contributed by atoms with Crippen molar-refractivity contribution in [2.75, 3.05) is 20.1 Å². The lowest BCUT2D eigenvalue weighted by molar-refractivity contribution is 0.120. The quantitative estimate of drug-likeness (QED) is 0.885. The van der Waals surface area contributed by atoms with E-state index in [2.05, 4.69) is 42.9 Å². The Hall–Kier alpha value is -0.930. The Morgan fingerprint density at radius 1 is 1.32 bits per heavy atom. The molecule has 2 rings (SSSR count). The van der Waals surface area contributed by atoms with Crippen molar-refractivity contribution in [3.63, 3.8) is 0 Å². The van der Waals surface area contributed by atoms with Gasteiger partial charge in [-0.3, -0.25) is 9.88 Å². The van der Waals surface area contributed by atoms with Crippen molar-refractivity contribution in [2.45, 2.75) is 45.1 Å². The van der Waals surface area contributed by atoms with Crippen LogP contribution < -0.4 is 5.73 Å². The zero-order valence-electron chi connectivity index (χ0n) is 12.5. The molecule has 0 saturated heterocycles. The maximum absolute atomic E-state index is 6.10. The van der Waals surface area contributed by atoms with E-state index in [0.29, 0.717) is 5.41 Å². The van der Waals surface area contributed by atoms with E-state index in [1.54, 1.807) is 0 Å². The fraction of sp³-hybridized carbons (Fsp3) is 0.688. The SMILES string of the molecule is CN(CCc1ccccn1)C1(CN)CCC(C)(C)C1. The van der Waals surface area contributed by atoms with E-state index < -0.39 is 0 Å². The number of hydrogen-bond donors (Lipinski definition) is 1. The van der Waals surface area contributed by atoms with Gasteiger partial charge in [-0.15, -0.1) is 0 Å². The van der Waals surface area contributed by atoms with Gasteiger partial charge in [-0.05, 0) is 43.9 Å². The Morgan fingerprint density at radius 3 is 2.63 bits per heavy atom. The van der Waals surface area contributed by atoms with Crippen LogP contribution >= 0.6 is 0 Å². The molecule has 19 heavy (non-hydrogen) atoms. The Kier molecular flexibility index (Phi) is 4.26. The van der Waals surface area contributed by atoms with Crippen molar-refractivity contribution in [1.82, 2.24) is 9.88 Å². The van der Waals surface area contributed by atoms with Crippen LogP contribution in [-0.2, 0) is 6.42 Å². The molecule has 2 N–H and O–H groups in total. The summed E-state index contributed by atoms with van der Waals surface area (Å²) < 4.78 is 0. The van der Waals surface area contributed by atoms with Gasteiger partial charge in [0.05, 0.1) is 0 Å². The second-order valence-electron chi connectivity index (χ2n) is 6.76. The molecule has 3 heteroatoms. The van der Waals surface area contributed by atoms with E-state index in [4.69, 9.17) is 5.73 Å². The lowest BCUT2D eigenvalue weighted by atomic mass is 9.87. The number of rotatable bonds is 5. The van der Waals surface area contributed by atoms with E-state index in [0.717, 1.165) is 19.5 Å². The van der Waals surface area contributed by atoms with Gasteiger partial charge >= 0.3 is 0 Å². The topological polar surface area (TPSA) is 42.2 Å². The van der Waals surface area contributed by atoms with E-state index in [9.17, 15) is 0 Å². The number of hydrogen-bond acceptors (Lipinski definition) is 3. The van der Waals surface area contributed by atoms with Gasteiger partial charge in [0.2, 0.25) is 0 Å². The Balaban J connectivity index is 1.96. The molecule has 1 aliphatic rings. The van der Waals surface area contributed by atoms with Gasteiger partial charge in [0.25, 0.3) is 0 Å².